The molecule has 0 atom stereocenters. The number of nitro benzene ring substituents is 1. The molecule has 0 aliphatic carbocycles. The summed E-state index contributed by atoms with van der Waals surface area (Å²) in [7, 11) is 1.53. The largest absolute Gasteiger partial charge is 0.497 e. The van der Waals surface area contributed by atoms with Crippen LogP contribution in [0.4, 0.5) is 11.4 Å². The van der Waals surface area contributed by atoms with Crippen molar-refractivity contribution in [2.24, 2.45) is 0 Å². The van der Waals surface area contributed by atoms with E-state index in [0.717, 1.165) is 0 Å². The van der Waals surface area contributed by atoms with E-state index in [0.29, 0.717) is 23.5 Å². The number of amides is 2. The molecule has 1 N–H and O–H groups in total. The molecule has 2 aromatic rings. The van der Waals surface area contributed by atoms with Crippen molar-refractivity contribution in [1.29, 1.82) is 0 Å². The zero-order valence-electron chi connectivity index (χ0n) is 15.2. The highest BCUT2D eigenvalue weighted by Crippen LogP contribution is 2.19. The summed E-state index contributed by atoms with van der Waals surface area (Å²) in [5, 5.41) is 13.8. The number of hydrogen-bond donors (Lipinski definition) is 1. The molecule has 0 saturated carbocycles. The van der Waals surface area contributed by atoms with Crippen LogP contribution >= 0.6 is 0 Å². The van der Waals surface area contributed by atoms with Crippen molar-refractivity contribution in [3.05, 3.63) is 64.2 Å². The molecule has 0 aliphatic rings. The van der Waals surface area contributed by atoms with Crippen molar-refractivity contribution in [3.63, 3.8) is 0 Å². The van der Waals surface area contributed by atoms with Gasteiger partial charge in [0.15, 0.2) is 0 Å². The number of nitrogens with zero attached hydrogens (tertiary/aromatic N) is 2. The molecule has 8 nitrogen and oxygen atoms in total. The Bertz CT molecular complexity index is 838. The quantitative estimate of drug-likeness (QED) is 0.568. The van der Waals surface area contributed by atoms with E-state index < -0.39 is 4.92 Å². The lowest BCUT2D eigenvalue weighted by molar-refractivity contribution is -0.385. The second-order valence-electron chi connectivity index (χ2n) is 5.75. The number of para-hydroxylation sites is 1. The minimum absolute atomic E-state index is 0.109. The molecule has 0 spiro atoms. The smallest absolute Gasteiger partial charge is 0.273 e. The van der Waals surface area contributed by atoms with Crippen molar-refractivity contribution in [3.8, 4) is 5.75 Å². The van der Waals surface area contributed by atoms with Crippen molar-refractivity contribution < 1.29 is 19.2 Å². The van der Waals surface area contributed by atoms with E-state index in [-0.39, 0.29) is 30.5 Å². The Balaban J connectivity index is 2.02. The van der Waals surface area contributed by atoms with E-state index in [2.05, 4.69) is 5.32 Å². The minimum atomic E-state index is -0.519. The minimum Gasteiger partial charge on any atom is -0.497 e. The molecule has 8 heteroatoms. The lowest BCUT2D eigenvalue weighted by Gasteiger charge is -2.20. The van der Waals surface area contributed by atoms with Gasteiger partial charge in [-0.05, 0) is 19.1 Å². The topological polar surface area (TPSA) is 102 Å². The summed E-state index contributed by atoms with van der Waals surface area (Å²) in [4.78, 5) is 36.7. The van der Waals surface area contributed by atoms with Gasteiger partial charge in [-0.3, -0.25) is 19.7 Å². The third kappa shape index (κ3) is 5.53. The predicted molar refractivity (Wildman–Crippen MR) is 101 cm³/mol. The Hall–Kier alpha value is -3.42. The van der Waals surface area contributed by atoms with Gasteiger partial charge in [0.2, 0.25) is 11.8 Å². The average molecular weight is 371 g/mol. The number of nitro groups is 1. The van der Waals surface area contributed by atoms with Gasteiger partial charge in [0, 0.05) is 29.9 Å². The highest BCUT2D eigenvalue weighted by atomic mass is 16.6. The summed E-state index contributed by atoms with van der Waals surface area (Å²) in [6.07, 6.45) is -0.141. The lowest BCUT2D eigenvalue weighted by atomic mass is 10.1. The number of rotatable bonds is 8. The summed E-state index contributed by atoms with van der Waals surface area (Å²) in [6, 6.07) is 13.0. The van der Waals surface area contributed by atoms with Gasteiger partial charge in [-0.15, -0.1) is 0 Å². The van der Waals surface area contributed by atoms with Crippen LogP contribution in [0.2, 0.25) is 0 Å². The molecule has 142 valence electrons. The first-order valence-electron chi connectivity index (χ1n) is 8.38. The molecular formula is C19H21N3O5. The number of benzene rings is 2. The molecule has 0 heterocycles. The molecule has 2 rings (SSSR count). The van der Waals surface area contributed by atoms with E-state index in [1.807, 2.05) is 0 Å². The molecule has 0 bridgehead atoms. The molecule has 0 radical (unpaired) electrons. The van der Waals surface area contributed by atoms with Crippen LogP contribution in [0, 0.1) is 10.1 Å². The number of ether oxygens (including phenoxy) is 1. The normalized spacial score (nSPS) is 10.1. The van der Waals surface area contributed by atoms with Crippen LogP contribution in [0.15, 0.2) is 48.5 Å². The van der Waals surface area contributed by atoms with Crippen LogP contribution in [0.25, 0.3) is 0 Å². The number of carbonyl (C=O) groups excluding carboxylic acids is 2. The summed E-state index contributed by atoms with van der Waals surface area (Å²) < 4.78 is 5.10. The van der Waals surface area contributed by atoms with Crippen LogP contribution in [0.1, 0.15) is 12.5 Å². The van der Waals surface area contributed by atoms with Gasteiger partial charge in [-0.1, -0.05) is 24.3 Å². The van der Waals surface area contributed by atoms with Crippen molar-refractivity contribution >= 4 is 23.2 Å². The first-order chi connectivity index (χ1) is 12.9. The van der Waals surface area contributed by atoms with Gasteiger partial charge < -0.3 is 15.0 Å². The fourth-order valence-corrected chi connectivity index (χ4v) is 2.56. The zero-order chi connectivity index (χ0) is 19.8. The number of likely N-dealkylation sites (N-methyl/N-ethyl adjacent to an activating group) is 1. The fraction of sp³-hybridized carbons (Fsp3) is 0.263. The molecule has 0 aliphatic heterocycles. The number of nitrogens with one attached hydrogen (secondary N) is 1. The van der Waals surface area contributed by atoms with Gasteiger partial charge in [0.1, 0.15) is 5.75 Å². The second-order valence-corrected chi connectivity index (χ2v) is 5.75. The molecule has 2 amide bonds. The molecule has 0 saturated heterocycles. The Morgan fingerprint density at radius 1 is 1.19 bits per heavy atom. The molecule has 2 aromatic carbocycles. The third-order valence-corrected chi connectivity index (χ3v) is 3.95. The molecule has 0 unspecified atom stereocenters. The third-order valence-electron chi connectivity index (χ3n) is 3.95. The van der Waals surface area contributed by atoms with Gasteiger partial charge in [0.25, 0.3) is 5.69 Å². The standard InChI is InChI=1S/C19H21N3O5/c1-3-21(13-18(23)20-15-8-6-9-16(12-15)27-2)19(24)11-14-7-4-5-10-17(14)22(25)26/h4-10,12H,3,11,13H2,1-2H3,(H,20,23). The molecular weight excluding hydrogens is 350 g/mol. The lowest BCUT2D eigenvalue weighted by Crippen LogP contribution is -2.38. The summed E-state index contributed by atoms with van der Waals surface area (Å²) in [6.45, 7) is 1.91. The molecule has 27 heavy (non-hydrogen) atoms. The average Bonchev–Trinajstić information content (AvgIpc) is 2.66. The van der Waals surface area contributed by atoms with Crippen LogP contribution < -0.4 is 10.1 Å². The van der Waals surface area contributed by atoms with Crippen molar-refractivity contribution in [2.75, 3.05) is 25.5 Å². The predicted octanol–water partition coefficient (Wildman–Crippen LogP) is 2.63. The summed E-state index contributed by atoms with van der Waals surface area (Å²) in [5.74, 6) is -0.110. The van der Waals surface area contributed by atoms with Crippen LogP contribution in [0.3, 0.4) is 0 Å². The van der Waals surface area contributed by atoms with E-state index in [1.165, 1.54) is 18.1 Å². The van der Waals surface area contributed by atoms with Gasteiger partial charge in [-0.2, -0.15) is 0 Å². The van der Waals surface area contributed by atoms with Crippen molar-refractivity contribution in [1.82, 2.24) is 4.90 Å². The van der Waals surface area contributed by atoms with Crippen LogP contribution in [-0.2, 0) is 16.0 Å². The maximum atomic E-state index is 12.5. The van der Waals surface area contributed by atoms with Gasteiger partial charge in [-0.25, -0.2) is 0 Å². The summed E-state index contributed by atoms with van der Waals surface area (Å²) >= 11 is 0. The van der Waals surface area contributed by atoms with Gasteiger partial charge >= 0.3 is 0 Å². The van der Waals surface area contributed by atoms with E-state index in [4.69, 9.17) is 4.74 Å². The van der Waals surface area contributed by atoms with Gasteiger partial charge in [0.05, 0.1) is 25.0 Å². The first kappa shape index (κ1) is 19.9. The molecule has 0 fully saturated rings. The van der Waals surface area contributed by atoms with Crippen LogP contribution in [-0.4, -0.2) is 41.8 Å². The highest BCUT2D eigenvalue weighted by molar-refractivity contribution is 5.95. The summed E-state index contributed by atoms with van der Waals surface area (Å²) in [5.41, 5.74) is 0.767. The number of anilines is 1. The van der Waals surface area contributed by atoms with E-state index in [1.54, 1.807) is 49.4 Å². The Labute approximate surface area is 156 Å². The SMILES string of the molecule is CCN(CC(=O)Nc1cccc(OC)c1)C(=O)Cc1ccccc1[N+](=O)[O-]. The molecule has 0 aromatic heterocycles. The monoisotopic (exact) mass is 371 g/mol. The Morgan fingerprint density at radius 3 is 2.59 bits per heavy atom. The Morgan fingerprint density at radius 2 is 1.93 bits per heavy atom. The second kappa shape index (κ2) is 9.33. The fourth-order valence-electron chi connectivity index (χ4n) is 2.56. The van der Waals surface area contributed by atoms with E-state index >= 15 is 0 Å². The van der Waals surface area contributed by atoms with E-state index in [9.17, 15) is 19.7 Å². The maximum Gasteiger partial charge on any atom is 0.273 e. The maximum absolute atomic E-state index is 12.5. The number of hydrogen-bond acceptors (Lipinski definition) is 5. The Kier molecular flexibility index (Phi) is 6.87. The number of methoxy groups -OCH3 is 1. The highest BCUT2D eigenvalue weighted by Gasteiger charge is 2.20. The van der Waals surface area contributed by atoms with Crippen molar-refractivity contribution in [2.45, 2.75) is 13.3 Å². The first-order valence-corrected chi connectivity index (χ1v) is 8.38. The zero-order valence-corrected chi connectivity index (χ0v) is 15.2. The number of carbonyl (C=O) groups is 2. The van der Waals surface area contributed by atoms with Crippen LogP contribution in [0.5, 0.6) is 5.75 Å².